The predicted molar refractivity (Wildman–Crippen MR) is 108 cm³/mol. The van der Waals surface area contributed by atoms with Crippen LogP contribution in [0.1, 0.15) is 21.6 Å². The van der Waals surface area contributed by atoms with Gasteiger partial charge in [0.05, 0.1) is 16.2 Å². The molecule has 0 unspecified atom stereocenters. The van der Waals surface area contributed by atoms with Gasteiger partial charge in [0.25, 0.3) is 5.91 Å². The van der Waals surface area contributed by atoms with E-state index in [0.29, 0.717) is 11.3 Å². The average molecular weight is 400 g/mol. The number of hydrogen-bond acceptors (Lipinski definition) is 3. The Morgan fingerprint density at radius 2 is 1.57 bits per heavy atom. The molecule has 3 aromatic rings. The summed E-state index contributed by atoms with van der Waals surface area (Å²) >= 11 is 0. The van der Waals surface area contributed by atoms with Crippen LogP contribution < -0.4 is 5.32 Å². The molecule has 0 bridgehead atoms. The molecule has 3 rings (SSSR count). The molecule has 2 aromatic carbocycles. The Morgan fingerprint density at radius 3 is 2.11 bits per heavy atom. The minimum Gasteiger partial charge on any atom is -0.347 e. The molecule has 1 amide bonds. The average Bonchev–Trinajstić information content (AvgIpc) is 2.85. The number of carbonyl (C=O) groups excluding carboxylic acids is 1. The molecule has 0 saturated heterocycles. The van der Waals surface area contributed by atoms with E-state index < -0.39 is 9.84 Å². The van der Waals surface area contributed by atoms with Crippen molar-refractivity contribution in [2.45, 2.75) is 18.7 Å². The van der Waals surface area contributed by atoms with Gasteiger partial charge in [0, 0.05) is 24.7 Å². The van der Waals surface area contributed by atoms with Crippen molar-refractivity contribution in [3.63, 3.8) is 0 Å². The molecule has 1 N–H and O–H groups in total. The van der Waals surface area contributed by atoms with E-state index in [2.05, 4.69) is 5.32 Å². The number of aromatic nitrogens is 1. The third-order valence-electron chi connectivity index (χ3n) is 4.82. The standard InChI is InChI=1S/C21H21FN2O3S/c1-13-19(14(2)24(3)20(13)15-5-7-16(22)8-6-15)21(25)23-17-9-11-18(12-10-17)28(4,26)27/h5-12H,1-4H3,(H,23,25). The topological polar surface area (TPSA) is 68.2 Å². The summed E-state index contributed by atoms with van der Waals surface area (Å²) in [6.45, 7) is 3.70. The van der Waals surface area contributed by atoms with Crippen molar-refractivity contribution < 1.29 is 17.6 Å². The second kappa shape index (κ2) is 7.24. The number of halogens is 1. The number of rotatable bonds is 4. The van der Waals surface area contributed by atoms with Crippen molar-refractivity contribution in [1.29, 1.82) is 0 Å². The van der Waals surface area contributed by atoms with Crippen molar-refractivity contribution in [3.8, 4) is 11.3 Å². The zero-order valence-corrected chi connectivity index (χ0v) is 16.9. The number of anilines is 1. The maximum atomic E-state index is 13.3. The fourth-order valence-corrected chi connectivity index (χ4v) is 3.94. The number of benzene rings is 2. The Bertz CT molecular complexity index is 1150. The van der Waals surface area contributed by atoms with Crippen LogP contribution >= 0.6 is 0 Å². The van der Waals surface area contributed by atoms with E-state index in [-0.39, 0.29) is 16.6 Å². The number of carbonyl (C=O) groups is 1. The smallest absolute Gasteiger partial charge is 0.257 e. The molecule has 0 aliphatic rings. The summed E-state index contributed by atoms with van der Waals surface area (Å²) in [5.41, 5.74) is 4.27. The molecular weight excluding hydrogens is 379 g/mol. The summed E-state index contributed by atoms with van der Waals surface area (Å²) in [6.07, 6.45) is 1.13. The second-order valence-electron chi connectivity index (χ2n) is 6.75. The van der Waals surface area contributed by atoms with Gasteiger partial charge in [-0.3, -0.25) is 4.79 Å². The van der Waals surface area contributed by atoms with Gasteiger partial charge in [0.15, 0.2) is 9.84 Å². The van der Waals surface area contributed by atoms with E-state index in [9.17, 15) is 17.6 Å². The molecule has 7 heteroatoms. The van der Waals surface area contributed by atoms with Gasteiger partial charge < -0.3 is 9.88 Å². The van der Waals surface area contributed by atoms with E-state index in [1.165, 1.54) is 24.3 Å². The van der Waals surface area contributed by atoms with Crippen molar-refractivity contribution in [3.05, 3.63) is 71.2 Å². The fraction of sp³-hybridized carbons (Fsp3) is 0.190. The molecule has 28 heavy (non-hydrogen) atoms. The molecule has 1 aromatic heterocycles. The summed E-state index contributed by atoms with van der Waals surface area (Å²) in [4.78, 5) is 13.1. The summed E-state index contributed by atoms with van der Waals surface area (Å²) < 4.78 is 38.3. The normalized spacial score (nSPS) is 11.5. The van der Waals surface area contributed by atoms with Gasteiger partial charge in [0.1, 0.15) is 5.82 Å². The Hall–Kier alpha value is -2.93. The molecule has 0 spiro atoms. The molecule has 1 heterocycles. The number of hydrogen-bond donors (Lipinski definition) is 1. The lowest BCUT2D eigenvalue weighted by atomic mass is 10.0. The lowest BCUT2D eigenvalue weighted by molar-refractivity contribution is 0.102. The van der Waals surface area contributed by atoms with Crippen LogP contribution in [0.15, 0.2) is 53.4 Å². The zero-order chi connectivity index (χ0) is 20.6. The van der Waals surface area contributed by atoms with Crippen LogP contribution in [0, 0.1) is 19.7 Å². The van der Waals surface area contributed by atoms with Crippen LogP contribution in [0.3, 0.4) is 0 Å². The van der Waals surface area contributed by atoms with Crippen molar-refractivity contribution in [2.75, 3.05) is 11.6 Å². The molecule has 146 valence electrons. The summed E-state index contributed by atoms with van der Waals surface area (Å²) in [7, 11) is -1.43. The van der Waals surface area contributed by atoms with Crippen LogP contribution in [0.25, 0.3) is 11.3 Å². The van der Waals surface area contributed by atoms with Gasteiger partial charge in [-0.2, -0.15) is 0 Å². The maximum Gasteiger partial charge on any atom is 0.257 e. The summed E-state index contributed by atoms with van der Waals surface area (Å²) in [5.74, 6) is -0.603. The van der Waals surface area contributed by atoms with Crippen LogP contribution in [-0.2, 0) is 16.9 Å². The minimum absolute atomic E-state index is 0.191. The minimum atomic E-state index is -3.29. The van der Waals surface area contributed by atoms with Crippen molar-refractivity contribution in [1.82, 2.24) is 4.57 Å². The molecule has 0 aliphatic heterocycles. The highest BCUT2D eigenvalue weighted by molar-refractivity contribution is 7.90. The van der Waals surface area contributed by atoms with Crippen molar-refractivity contribution >= 4 is 21.4 Å². The van der Waals surface area contributed by atoms with Crippen LogP contribution in [0.2, 0.25) is 0 Å². The van der Waals surface area contributed by atoms with E-state index >= 15 is 0 Å². The zero-order valence-electron chi connectivity index (χ0n) is 16.1. The SMILES string of the molecule is Cc1c(C(=O)Nc2ccc(S(C)(=O)=O)cc2)c(C)n(C)c1-c1ccc(F)cc1. The van der Waals surface area contributed by atoms with Crippen LogP contribution in [-0.4, -0.2) is 25.1 Å². The number of amides is 1. The highest BCUT2D eigenvalue weighted by Gasteiger charge is 2.22. The van der Waals surface area contributed by atoms with Gasteiger partial charge >= 0.3 is 0 Å². The quantitative estimate of drug-likeness (QED) is 0.717. The first-order valence-corrected chi connectivity index (χ1v) is 10.5. The van der Waals surface area contributed by atoms with E-state index in [4.69, 9.17) is 0 Å². The first-order valence-electron chi connectivity index (χ1n) is 8.63. The molecule has 0 saturated carbocycles. The first-order chi connectivity index (χ1) is 13.1. The van der Waals surface area contributed by atoms with Gasteiger partial charge in [0.2, 0.25) is 0 Å². The van der Waals surface area contributed by atoms with Gasteiger partial charge in [-0.25, -0.2) is 12.8 Å². The Labute approximate surface area is 163 Å². The van der Waals surface area contributed by atoms with Gasteiger partial charge in [-0.15, -0.1) is 0 Å². The molecule has 0 atom stereocenters. The van der Waals surface area contributed by atoms with E-state index in [1.54, 1.807) is 24.3 Å². The van der Waals surface area contributed by atoms with Crippen LogP contribution in [0.5, 0.6) is 0 Å². The van der Waals surface area contributed by atoms with E-state index in [1.807, 2.05) is 25.5 Å². The first kappa shape index (κ1) is 19.8. The summed E-state index contributed by atoms with van der Waals surface area (Å²) in [6, 6.07) is 12.2. The largest absolute Gasteiger partial charge is 0.347 e. The molecule has 0 aliphatic carbocycles. The molecule has 0 fully saturated rings. The molecule has 5 nitrogen and oxygen atoms in total. The Balaban J connectivity index is 1.94. The predicted octanol–water partition coefficient (Wildman–Crippen LogP) is 4.10. The highest BCUT2D eigenvalue weighted by atomic mass is 32.2. The third-order valence-corrected chi connectivity index (χ3v) is 5.94. The number of sulfone groups is 1. The second-order valence-corrected chi connectivity index (χ2v) is 8.77. The Kier molecular flexibility index (Phi) is 5.12. The van der Waals surface area contributed by atoms with Crippen LogP contribution in [0.4, 0.5) is 10.1 Å². The Morgan fingerprint density at radius 1 is 1.00 bits per heavy atom. The lowest BCUT2D eigenvalue weighted by Gasteiger charge is -2.07. The maximum absolute atomic E-state index is 13.3. The third kappa shape index (κ3) is 3.71. The molecule has 0 radical (unpaired) electrons. The number of nitrogens with one attached hydrogen (secondary N) is 1. The lowest BCUT2D eigenvalue weighted by Crippen LogP contribution is -2.14. The van der Waals surface area contributed by atoms with Gasteiger partial charge in [-0.1, -0.05) is 0 Å². The summed E-state index contributed by atoms with van der Waals surface area (Å²) in [5, 5.41) is 2.81. The van der Waals surface area contributed by atoms with E-state index in [0.717, 1.165) is 28.8 Å². The monoisotopic (exact) mass is 400 g/mol. The highest BCUT2D eigenvalue weighted by Crippen LogP contribution is 2.31. The fourth-order valence-electron chi connectivity index (χ4n) is 3.31. The molecular formula is C21H21FN2O3S. The van der Waals surface area contributed by atoms with Crippen molar-refractivity contribution in [2.24, 2.45) is 7.05 Å². The van der Waals surface area contributed by atoms with Gasteiger partial charge in [-0.05, 0) is 73.5 Å². The number of nitrogens with zero attached hydrogens (tertiary/aromatic N) is 1.